The molecule has 8 nitrogen and oxygen atoms in total. The molecule has 0 unspecified atom stereocenters. The highest BCUT2D eigenvalue weighted by atomic mass is 16.1. The summed E-state index contributed by atoms with van der Waals surface area (Å²) in [6.07, 6.45) is 2.88. The van der Waals surface area contributed by atoms with Crippen molar-refractivity contribution in [2.45, 2.75) is 40.0 Å². The van der Waals surface area contributed by atoms with E-state index >= 15 is 0 Å². The van der Waals surface area contributed by atoms with Gasteiger partial charge < -0.3 is 16.1 Å². The molecule has 1 amide bonds. The molecule has 2 aromatic rings. The van der Waals surface area contributed by atoms with Crippen LogP contribution in [0.5, 0.6) is 0 Å². The SMILES string of the molecule is CC(=O)/C(=C/Nc1cc(C(=O)Nc2cc(C#N)cc(C(C)(C)C)c2)cnc1C)NN. The number of ketones is 1. The summed E-state index contributed by atoms with van der Waals surface area (Å²) >= 11 is 0. The fraction of sp³-hybridized carbons (Fsp3) is 0.273. The molecule has 0 atom stereocenters. The van der Waals surface area contributed by atoms with Gasteiger partial charge in [-0.3, -0.25) is 20.4 Å². The lowest BCUT2D eigenvalue weighted by Crippen LogP contribution is -2.26. The van der Waals surface area contributed by atoms with Gasteiger partial charge in [-0.05, 0) is 42.2 Å². The van der Waals surface area contributed by atoms with Crippen LogP contribution in [0, 0.1) is 18.3 Å². The van der Waals surface area contributed by atoms with E-state index in [1.54, 1.807) is 19.1 Å². The van der Waals surface area contributed by atoms with Crippen molar-refractivity contribution in [3.8, 4) is 6.07 Å². The number of amides is 1. The number of pyridine rings is 1. The first-order valence-electron chi connectivity index (χ1n) is 9.33. The maximum absolute atomic E-state index is 12.8. The zero-order chi connectivity index (χ0) is 22.5. The third-order valence-electron chi connectivity index (χ3n) is 4.44. The van der Waals surface area contributed by atoms with Crippen LogP contribution in [0.1, 0.15) is 54.9 Å². The highest BCUT2D eigenvalue weighted by molar-refractivity contribution is 6.04. The van der Waals surface area contributed by atoms with Gasteiger partial charge in [0.2, 0.25) is 0 Å². The molecule has 30 heavy (non-hydrogen) atoms. The van der Waals surface area contributed by atoms with Crippen molar-refractivity contribution in [2.75, 3.05) is 10.6 Å². The average Bonchev–Trinajstić information content (AvgIpc) is 2.68. The van der Waals surface area contributed by atoms with Gasteiger partial charge in [0.05, 0.1) is 28.6 Å². The Hall–Kier alpha value is -3.70. The smallest absolute Gasteiger partial charge is 0.257 e. The Bertz CT molecular complexity index is 1040. The molecule has 156 valence electrons. The normalized spacial score (nSPS) is 11.4. The number of carbonyl (C=O) groups excluding carboxylic acids is 2. The van der Waals surface area contributed by atoms with Crippen molar-refractivity contribution in [1.82, 2.24) is 10.4 Å². The lowest BCUT2D eigenvalue weighted by molar-refractivity contribution is -0.114. The molecule has 0 bridgehead atoms. The molecule has 0 radical (unpaired) electrons. The molecule has 0 aliphatic heterocycles. The Labute approximate surface area is 176 Å². The summed E-state index contributed by atoms with van der Waals surface area (Å²) in [6.45, 7) is 9.26. The highest BCUT2D eigenvalue weighted by Crippen LogP contribution is 2.27. The third kappa shape index (κ3) is 5.65. The van der Waals surface area contributed by atoms with Crippen LogP contribution in [0.4, 0.5) is 11.4 Å². The van der Waals surface area contributed by atoms with Gasteiger partial charge >= 0.3 is 0 Å². The number of nitriles is 1. The number of hydrogen-bond donors (Lipinski definition) is 4. The van der Waals surface area contributed by atoms with Gasteiger partial charge in [0.1, 0.15) is 5.70 Å². The number of Topliss-reactive ketones (excluding diaryl/α,β-unsaturated/α-hetero) is 1. The topological polar surface area (TPSA) is 133 Å². The molecule has 0 aliphatic carbocycles. The van der Waals surface area contributed by atoms with E-state index < -0.39 is 0 Å². The number of nitrogens with zero attached hydrogens (tertiary/aromatic N) is 2. The van der Waals surface area contributed by atoms with Crippen LogP contribution in [0.3, 0.4) is 0 Å². The number of aromatic nitrogens is 1. The van der Waals surface area contributed by atoms with Gasteiger partial charge in [-0.15, -0.1) is 0 Å². The van der Waals surface area contributed by atoms with Crippen molar-refractivity contribution in [1.29, 1.82) is 5.26 Å². The van der Waals surface area contributed by atoms with Gasteiger partial charge in [-0.25, -0.2) is 0 Å². The standard InChI is InChI=1S/C22H26N6O2/c1-13-19(26-12-20(28-24)14(2)29)8-16(11-25-13)21(30)27-18-7-15(10-23)6-17(9-18)22(3,4)5/h6-9,11-12,26,28H,24H2,1-5H3,(H,27,30)/b20-12-. The summed E-state index contributed by atoms with van der Waals surface area (Å²) in [5.74, 6) is 4.72. The predicted octanol–water partition coefficient (Wildman–Crippen LogP) is 3.12. The lowest BCUT2D eigenvalue weighted by atomic mass is 9.86. The van der Waals surface area contributed by atoms with Crippen LogP contribution < -0.4 is 21.9 Å². The van der Waals surface area contributed by atoms with Crippen molar-refractivity contribution in [3.63, 3.8) is 0 Å². The van der Waals surface area contributed by atoms with E-state index in [9.17, 15) is 14.9 Å². The molecule has 8 heteroatoms. The van der Waals surface area contributed by atoms with E-state index in [0.717, 1.165) is 5.56 Å². The molecule has 1 aromatic carbocycles. The molecule has 0 fully saturated rings. The Morgan fingerprint density at radius 1 is 1.20 bits per heavy atom. The number of aryl methyl sites for hydroxylation is 1. The number of hydrogen-bond acceptors (Lipinski definition) is 7. The van der Waals surface area contributed by atoms with Crippen molar-refractivity contribution >= 4 is 23.1 Å². The van der Waals surface area contributed by atoms with Crippen LogP contribution in [-0.2, 0) is 10.2 Å². The summed E-state index contributed by atoms with van der Waals surface area (Å²) in [4.78, 5) is 28.5. The monoisotopic (exact) mass is 406 g/mol. The molecule has 0 saturated heterocycles. The Morgan fingerprint density at radius 2 is 1.90 bits per heavy atom. The minimum Gasteiger partial charge on any atom is -0.358 e. The van der Waals surface area contributed by atoms with Crippen LogP contribution in [0.15, 0.2) is 42.4 Å². The zero-order valence-electron chi connectivity index (χ0n) is 17.8. The average molecular weight is 406 g/mol. The van der Waals surface area contributed by atoms with Crippen LogP contribution in [0.2, 0.25) is 0 Å². The summed E-state index contributed by atoms with van der Waals surface area (Å²) in [6, 6.07) is 9.05. The van der Waals surface area contributed by atoms with Gasteiger partial charge in [0.15, 0.2) is 5.78 Å². The number of rotatable bonds is 6. The van der Waals surface area contributed by atoms with E-state index in [1.165, 1.54) is 19.3 Å². The minimum atomic E-state index is -0.367. The molecule has 1 aromatic heterocycles. The van der Waals surface area contributed by atoms with Crippen LogP contribution >= 0.6 is 0 Å². The molecule has 1 heterocycles. The number of nitrogens with two attached hydrogens (primary N) is 1. The number of hydrazine groups is 1. The first-order chi connectivity index (χ1) is 14.0. The second kappa shape index (κ2) is 9.20. The largest absolute Gasteiger partial charge is 0.358 e. The summed E-state index contributed by atoms with van der Waals surface area (Å²) in [5.41, 5.74) is 5.79. The molecule has 2 rings (SSSR count). The maximum Gasteiger partial charge on any atom is 0.257 e. The summed E-state index contributed by atoms with van der Waals surface area (Å²) < 4.78 is 0. The molecule has 0 saturated carbocycles. The van der Waals surface area contributed by atoms with Gasteiger partial charge in [-0.1, -0.05) is 20.8 Å². The molecule has 0 aliphatic rings. The molecular formula is C22H26N6O2. The second-order valence-corrected chi connectivity index (χ2v) is 7.87. The minimum absolute atomic E-state index is 0.174. The molecular weight excluding hydrogens is 380 g/mol. The van der Waals surface area contributed by atoms with E-state index in [2.05, 4.69) is 27.1 Å². The Kier molecular flexibility index (Phi) is 6.93. The number of benzene rings is 1. The quantitative estimate of drug-likeness (QED) is 0.329. The van der Waals surface area contributed by atoms with E-state index in [0.29, 0.717) is 28.2 Å². The van der Waals surface area contributed by atoms with Gasteiger partial charge in [-0.2, -0.15) is 5.26 Å². The second-order valence-electron chi connectivity index (χ2n) is 7.87. The molecule has 5 N–H and O–H groups in total. The highest BCUT2D eigenvalue weighted by Gasteiger charge is 2.17. The fourth-order valence-electron chi connectivity index (χ4n) is 2.60. The van der Waals surface area contributed by atoms with Crippen LogP contribution in [-0.4, -0.2) is 16.7 Å². The number of nitrogens with one attached hydrogen (secondary N) is 3. The number of anilines is 2. The van der Waals surface area contributed by atoms with Crippen LogP contribution in [0.25, 0.3) is 0 Å². The van der Waals surface area contributed by atoms with E-state index in [4.69, 9.17) is 5.84 Å². The third-order valence-corrected chi connectivity index (χ3v) is 4.44. The van der Waals surface area contributed by atoms with Gasteiger partial charge in [0, 0.05) is 25.0 Å². The zero-order valence-corrected chi connectivity index (χ0v) is 17.8. The summed E-state index contributed by atoms with van der Waals surface area (Å²) in [7, 11) is 0. The number of allylic oxidation sites excluding steroid dienone is 1. The first kappa shape index (κ1) is 22.6. The fourth-order valence-corrected chi connectivity index (χ4v) is 2.60. The Morgan fingerprint density at radius 3 is 2.47 bits per heavy atom. The predicted molar refractivity (Wildman–Crippen MR) is 116 cm³/mol. The maximum atomic E-state index is 12.8. The van der Waals surface area contributed by atoms with E-state index in [-0.39, 0.29) is 22.8 Å². The first-order valence-corrected chi connectivity index (χ1v) is 9.33. The number of carbonyl (C=O) groups is 2. The lowest BCUT2D eigenvalue weighted by Gasteiger charge is -2.20. The van der Waals surface area contributed by atoms with E-state index in [1.807, 2.05) is 32.9 Å². The molecule has 0 spiro atoms. The van der Waals surface area contributed by atoms with Crippen molar-refractivity contribution in [3.05, 3.63) is 64.7 Å². The van der Waals surface area contributed by atoms with Crippen molar-refractivity contribution < 1.29 is 9.59 Å². The Balaban J connectivity index is 2.30. The van der Waals surface area contributed by atoms with Gasteiger partial charge in [0.25, 0.3) is 5.91 Å². The van der Waals surface area contributed by atoms with Crippen molar-refractivity contribution in [2.24, 2.45) is 5.84 Å². The summed E-state index contributed by atoms with van der Waals surface area (Å²) in [5, 5.41) is 15.1.